The molecule has 0 radical (unpaired) electrons. The van der Waals surface area contributed by atoms with Crippen LogP contribution in [0.15, 0.2) is 29.2 Å². The Balaban J connectivity index is 0.00000225. The number of carbonyl (C=O) groups is 1. The standard InChI is InChI=1S/C17H25N3O3S.ClH/c1-18-17(21)14-4-6-15(7-5-14)24(22,23)20-11-8-13(9-12-20)16-3-2-10-19-16;/h4-7,13,16,19H,2-3,8-12H2,1H3,(H,18,21);1H. The molecule has 0 spiro atoms. The van der Waals surface area contributed by atoms with Crippen molar-refractivity contribution in [1.82, 2.24) is 14.9 Å². The van der Waals surface area contributed by atoms with Gasteiger partial charge in [-0.1, -0.05) is 0 Å². The molecule has 1 aromatic carbocycles. The second-order valence-electron chi connectivity index (χ2n) is 6.55. The summed E-state index contributed by atoms with van der Waals surface area (Å²) in [7, 11) is -1.93. The second kappa shape index (κ2) is 8.49. The summed E-state index contributed by atoms with van der Waals surface area (Å²) in [6, 6.07) is 6.71. The van der Waals surface area contributed by atoms with Gasteiger partial charge in [0, 0.05) is 31.7 Å². The third-order valence-electron chi connectivity index (χ3n) is 5.15. The van der Waals surface area contributed by atoms with Gasteiger partial charge < -0.3 is 10.6 Å². The van der Waals surface area contributed by atoms with E-state index in [1.807, 2.05) is 0 Å². The Labute approximate surface area is 155 Å². The molecular formula is C17H26ClN3O3S. The Morgan fingerprint density at radius 3 is 2.32 bits per heavy atom. The quantitative estimate of drug-likeness (QED) is 0.822. The molecule has 1 atom stereocenters. The summed E-state index contributed by atoms with van der Waals surface area (Å²) < 4.78 is 27.1. The van der Waals surface area contributed by atoms with Crippen molar-refractivity contribution in [3.63, 3.8) is 0 Å². The van der Waals surface area contributed by atoms with Crippen molar-refractivity contribution in [3.05, 3.63) is 29.8 Å². The largest absolute Gasteiger partial charge is 0.355 e. The number of sulfonamides is 1. The minimum atomic E-state index is -3.48. The summed E-state index contributed by atoms with van der Waals surface area (Å²) in [5, 5.41) is 6.06. The summed E-state index contributed by atoms with van der Waals surface area (Å²) in [4.78, 5) is 11.8. The van der Waals surface area contributed by atoms with Gasteiger partial charge in [0.15, 0.2) is 0 Å². The maximum Gasteiger partial charge on any atom is 0.251 e. The van der Waals surface area contributed by atoms with Gasteiger partial charge in [0.05, 0.1) is 4.90 Å². The first-order valence-electron chi connectivity index (χ1n) is 8.58. The summed E-state index contributed by atoms with van der Waals surface area (Å²) in [5.74, 6) is 0.360. The molecule has 1 unspecified atom stereocenters. The molecular weight excluding hydrogens is 362 g/mol. The van der Waals surface area contributed by atoms with Crippen molar-refractivity contribution in [2.45, 2.75) is 36.6 Å². The first-order chi connectivity index (χ1) is 11.5. The Kier molecular flexibility index (Phi) is 6.85. The minimum Gasteiger partial charge on any atom is -0.355 e. The highest BCUT2D eigenvalue weighted by molar-refractivity contribution is 7.89. The van der Waals surface area contributed by atoms with Crippen molar-refractivity contribution in [2.24, 2.45) is 5.92 Å². The van der Waals surface area contributed by atoms with Crippen LogP contribution in [0.3, 0.4) is 0 Å². The fourth-order valence-electron chi connectivity index (χ4n) is 3.70. The van der Waals surface area contributed by atoms with Crippen molar-refractivity contribution >= 4 is 28.3 Å². The van der Waals surface area contributed by atoms with Crippen LogP contribution < -0.4 is 10.6 Å². The third-order valence-corrected chi connectivity index (χ3v) is 7.06. The van der Waals surface area contributed by atoms with Crippen LogP contribution in [0.4, 0.5) is 0 Å². The van der Waals surface area contributed by atoms with Crippen LogP contribution >= 0.6 is 12.4 Å². The van der Waals surface area contributed by atoms with Gasteiger partial charge in [0.1, 0.15) is 0 Å². The molecule has 2 heterocycles. The van der Waals surface area contributed by atoms with Gasteiger partial charge in [0.2, 0.25) is 10.0 Å². The van der Waals surface area contributed by atoms with Gasteiger partial charge in [-0.15, -0.1) is 12.4 Å². The zero-order valence-corrected chi connectivity index (χ0v) is 16.0. The third kappa shape index (κ3) is 4.34. The first kappa shape index (κ1) is 20.2. The Morgan fingerprint density at radius 2 is 1.80 bits per heavy atom. The fourth-order valence-corrected chi connectivity index (χ4v) is 5.17. The van der Waals surface area contributed by atoms with Gasteiger partial charge in [-0.05, 0) is 62.4 Å². The number of hydrogen-bond acceptors (Lipinski definition) is 4. The normalized spacial score (nSPS) is 22.4. The van der Waals surface area contributed by atoms with E-state index >= 15 is 0 Å². The Bertz CT molecular complexity index is 680. The molecule has 25 heavy (non-hydrogen) atoms. The van der Waals surface area contributed by atoms with Crippen molar-refractivity contribution in [2.75, 3.05) is 26.7 Å². The van der Waals surface area contributed by atoms with E-state index in [4.69, 9.17) is 0 Å². The van der Waals surface area contributed by atoms with Gasteiger partial charge >= 0.3 is 0 Å². The molecule has 2 fully saturated rings. The van der Waals surface area contributed by atoms with Crippen LogP contribution in [0.5, 0.6) is 0 Å². The van der Waals surface area contributed by atoms with Gasteiger partial charge in [-0.3, -0.25) is 4.79 Å². The number of hydrogen-bond donors (Lipinski definition) is 2. The van der Waals surface area contributed by atoms with E-state index in [1.54, 1.807) is 23.5 Å². The SMILES string of the molecule is CNC(=O)c1ccc(S(=O)(=O)N2CCC(C3CCCN3)CC2)cc1.Cl. The Morgan fingerprint density at radius 1 is 1.16 bits per heavy atom. The van der Waals surface area contributed by atoms with Crippen molar-refractivity contribution in [1.29, 1.82) is 0 Å². The average molecular weight is 388 g/mol. The van der Waals surface area contributed by atoms with Crippen LogP contribution in [-0.4, -0.2) is 51.4 Å². The lowest BCUT2D eigenvalue weighted by molar-refractivity contribution is 0.0963. The van der Waals surface area contributed by atoms with Crippen molar-refractivity contribution in [3.8, 4) is 0 Å². The predicted octanol–water partition coefficient (Wildman–Crippen LogP) is 1.62. The maximum absolute atomic E-state index is 12.8. The maximum atomic E-state index is 12.8. The average Bonchev–Trinajstić information content (AvgIpc) is 3.16. The van der Waals surface area contributed by atoms with E-state index in [0.29, 0.717) is 30.6 Å². The van der Waals surface area contributed by atoms with E-state index in [9.17, 15) is 13.2 Å². The van der Waals surface area contributed by atoms with Crippen LogP contribution in [0.1, 0.15) is 36.0 Å². The van der Waals surface area contributed by atoms with Gasteiger partial charge in [-0.2, -0.15) is 4.31 Å². The highest BCUT2D eigenvalue weighted by atomic mass is 35.5. The molecule has 140 valence electrons. The molecule has 2 aliphatic rings. The van der Waals surface area contributed by atoms with Crippen molar-refractivity contribution < 1.29 is 13.2 Å². The number of nitrogens with one attached hydrogen (secondary N) is 2. The zero-order valence-electron chi connectivity index (χ0n) is 14.4. The monoisotopic (exact) mass is 387 g/mol. The van der Waals surface area contributed by atoms with E-state index < -0.39 is 10.0 Å². The summed E-state index contributed by atoms with van der Waals surface area (Å²) in [6.07, 6.45) is 4.25. The van der Waals surface area contributed by atoms with Crippen LogP contribution in [0.2, 0.25) is 0 Å². The number of amides is 1. The molecule has 2 N–H and O–H groups in total. The molecule has 3 rings (SSSR count). The molecule has 0 bridgehead atoms. The topological polar surface area (TPSA) is 78.5 Å². The zero-order chi connectivity index (χ0) is 17.2. The van der Waals surface area contributed by atoms with Crippen LogP contribution in [-0.2, 0) is 10.0 Å². The lowest BCUT2D eigenvalue weighted by atomic mass is 9.89. The predicted molar refractivity (Wildman–Crippen MR) is 99.6 cm³/mol. The molecule has 0 aliphatic carbocycles. The molecule has 8 heteroatoms. The number of halogens is 1. The molecule has 1 amide bonds. The molecule has 6 nitrogen and oxygen atoms in total. The Hall–Kier alpha value is -1.15. The smallest absolute Gasteiger partial charge is 0.251 e. The number of benzene rings is 1. The number of piperidine rings is 1. The number of nitrogens with zero attached hydrogens (tertiary/aromatic N) is 1. The number of carbonyl (C=O) groups excluding carboxylic acids is 1. The number of rotatable bonds is 4. The summed E-state index contributed by atoms with van der Waals surface area (Å²) in [5.41, 5.74) is 0.461. The van der Waals surface area contributed by atoms with Crippen LogP contribution in [0.25, 0.3) is 0 Å². The second-order valence-corrected chi connectivity index (χ2v) is 8.49. The lowest BCUT2D eigenvalue weighted by Gasteiger charge is -2.34. The van der Waals surface area contributed by atoms with E-state index in [-0.39, 0.29) is 23.2 Å². The van der Waals surface area contributed by atoms with Crippen LogP contribution in [0, 0.1) is 5.92 Å². The highest BCUT2D eigenvalue weighted by Crippen LogP contribution is 2.28. The molecule has 0 aromatic heterocycles. The summed E-state index contributed by atoms with van der Waals surface area (Å²) in [6.45, 7) is 2.23. The minimum absolute atomic E-state index is 0. The van der Waals surface area contributed by atoms with Gasteiger partial charge in [0.25, 0.3) is 5.91 Å². The van der Waals surface area contributed by atoms with E-state index in [0.717, 1.165) is 19.4 Å². The molecule has 2 aliphatic heterocycles. The highest BCUT2D eigenvalue weighted by Gasteiger charge is 2.33. The summed E-state index contributed by atoms with van der Waals surface area (Å²) >= 11 is 0. The molecule has 2 saturated heterocycles. The fraction of sp³-hybridized carbons (Fsp3) is 0.588. The van der Waals surface area contributed by atoms with E-state index in [2.05, 4.69) is 10.6 Å². The van der Waals surface area contributed by atoms with E-state index in [1.165, 1.54) is 25.0 Å². The first-order valence-corrected chi connectivity index (χ1v) is 10.0. The lowest BCUT2D eigenvalue weighted by Crippen LogP contribution is -2.43. The molecule has 0 saturated carbocycles. The molecule has 1 aromatic rings. The van der Waals surface area contributed by atoms with Gasteiger partial charge in [-0.25, -0.2) is 8.42 Å².